The molecular formula is C21H27O3P. The Morgan fingerprint density at radius 2 is 1.64 bits per heavy atom. The Balaban J connectivity index is 1.98. The molecule has 2 aromatic carbocycles. The summed E-state index contributed by atoms with van der Waals surface area (Å²) in [4.78, 5) is 0. The van der Waals surface area contributed by atoms with E-state index in [0.717, 1.165) is 16.7 Å². The van der Waals surface area contributed by atoms with Gasteiger partial charge < -0.3 is 4.52 Å². The van der Waals surface area contributed by atoms with E-state index in [1.807, 2.05) is 32.9 Å². The second kappa shape index (κ2) is 6.00. The Labute approximate surface area is 150 Å². The second-order valence-corrected chi connectivity index (χ2v) is 10.7. The van der Waals surface area contributed by atoms with Gasteiger partial charge in [0.05, 0.1) is 6.61 Å². The standard InChI is InChI=1S/C21H27O3P/c1-7-23-25(22)21(5,6)18-13-10-16(14-19(18)24-25)15-8-11-17(12-9-15)20(2,3)4/h8-14H,7H2,1-6H3. The summed E-state index contributed by atoms with van der Waals surface area (Å²) < 4.78 is 24.4. The van der Waals surface area contributed by atoms with E-state index in [9.17, 15) is 4.57 Å². The van der Waals surface area contributed by atoms with E-state index in [1.165, 1.54) is 5.56 Å². The normalized spacial score (nSPS) is 21.7. The first kappa shape index (κ1) is 18.2. The molecule has 0 saturated heterocycles. The molecule has 0 amide bonds. The first-order valence-electron chi connectivity index (χ1n) is 8.78. The van der Waals surface area contributed by atoms with Crippen LogP contribution in [-0.4, -0.2) is 6.61 Å². The van der Waals surface area contributed by atoms with Crippen LogP contribution < -0.4 is 4.52 Å². The molecule has 0 radical (unpaired) electrons. The zero-order valence-corrected chi connectivity index (χ0v) is 16.8. The third-order valence-electron chi connectivity index (χ3n) is 4.93. The molecule has 0 aliphatic carbocycles. The number of fused-ring (bicyclic) bond motifs is 1. The van der Waals surface area contributed by atoms with Gasteiger partial charge >= 0.3 is 7.60 Å². The van der Waals surface area contributed by atoms with Crippen LogP contribution in [0, 0.1) is 0 Å². The number of benzene rings is 2. The van der Waals surface area contributed by atoms with Crippen LogP contribution in [0.2, 0.25) is 0 Å². The zero-order valence-electron chi connectivity index (χ0n) is 15.9. The van der Waals surface area contributed by atoms with Gasteiger partial charge in [0.1, 0.15) is 10.9 Å². The van der Waals surface area contributed by atoms with Gasteiger partial charge in [-0.25, -0.2) is 4.57 Å². The van der Waals surface area contributed by atoms with E-state index in [-0.39, 0.29) is 5.41 Å². The van der Waals surface area contributed by atoms with Crippen molar-refractivity contribution in [2.75, 3.05) is 6.61 Å². The molecule has 2 aromatic rings. The lowest BCUT2D eigenvalue weighted by molar-refractivity contribution is 0.270. The molecule has 4 heteroatoms. The van der Waals surface area contributed by atoms with Gasteiger partial charge in [0.25, 0.3) is 0 Å². The summed E-state index contributed by atoms with van der Waals surface area (Å²) in [7, 11) is -3.20. The molecule has 0 N–H and O–H groups in total. The predicted molar refractivity (Wildman–Crippen MR) is 103 cm³/mol. The molecule has 1 unspecified atom stereocenters. The second-order valence-electron chi connectivity index (χ2n) is 8.10. The van der Waals surface area contributed by atoms with Crippen molar-refractivity contribution >= 4 is 7.60 Å². The average Bonchev–Trinajstić information content (AvgIpc) is 2.73. The maximum Gasteiger partial charge on any atom is 0.389 e. The van der Waals surface area contributed by atoms with Crippen LogP contribution in [-0.2, 0) is 19.7 Å². The molecule has 0 aromatic heterocycles. The molecule has 0 fully saturated rings. The molecule has 3 rings (SSSR count). The van der Waals surface area contributed by atoms with Crippen molar-refractivity contribution in [3.05, 3.63) is 53.6 Å². The maximum atomic E-state index is 13.1. The lowest BCUT2D eigenvalue weighted by atomic mass is 9.86. The lowest BCUT2D eigenvalue weighted by Gasteiger charge is -2.24. The zero-order chi connectivity index (χ0) is 18.5. The van der Waals surface area contributed by atoms with Gasteiger partial charge in [0.2, 0.25) is 0 Å². The summed E-state index contributed by atoms with van der Waals surface area (Å²) in [6, 6.07) is 14.6. The minimum Gasteiger partial charge on any atom is -0.423 e. The van der Waals surface area contributed by atoms with Crippen LogP contribution in [0.5, 0.6) is 5.75 Å². The number of rotatable bonds is 3. The van der Waals surface area contributed by atoms with Crippen molar-refractivity contribution in [1.82, 2.24) is 0 Å². The largest absolute Gasteiger partial charge is 0.423 e. The molecule has 25 heavy (non-hydrogen) atoms. The number of hydrogen-bond donors (Lipinski definition) is 0. The van der Waals surface area contributed by atoms with Gasteiger partial charge in [0, 0.05) is 5.56 Å². The molecule has 1 atom stereocenters. The van der Waals surface area contributed by atoms with E-state index in [1.54, 1.807) is 0 Å². The van der Waals surface area contributed by atoms with E-state index in [2.05, 4.69) is 51.1 Å². The van der Waals surface area contributed by atoms with Crippen molar-refractivity contribution in [2.24, 2.45) is 0 Å². The Kier molecular flexibility index (Phi) is 4.38. The minimum atomic E-state index is -3.20. The van der Waals surface area contributed by atoms with Crippen LogP contribution in [0.1, 0.15) is 52.7 Å². The van der Waals surface area contributed by atoms with Crippen LogP contribution in [0.3, 0.4) is 0 Å². The lowest BCUT2D eigenvalue weighted by Crippen LogP contribution is -2.15. The van der Waals surface area contributed by atoms with E-state index in [4.69, 9.17) is 9.05 Å². The van der Waals surface area contributed by atoms with Crippen LogP contribution in [0.25, 0.3) is 11.1 Å². The average molecular weight is 358 g/mol. The highest BCUT2D eigenvalue weighted by Gasteiger charge is 2.53. The molecule has 1 heterocycles. The molecule has 1 aliphatic heterocycles. The fourth-order valence-corrected chi connectivity index (χ4v) is 5.03. The third-order valence-corrected chi connectivity index (χ3v) is 7.57. The molecule has 0 spiro atoms. The SMILES string of the molecule is CCOP1(=O)Oc2cc(-c3ccc(C(C)(C)C)cc3)ccc2C1(C)C. The van der Waals surface area contributed by atoms with Crippen LogP contribution >= 0.6 is 7.60 Å². The van der Waals surface area contributed by atoms with Crippen molar-refractivity contribution in [2.45, 2.75) is 52.1 Å². The summed E-state index contributed by atoms with van der Waals surface area (Å²) in [6.07, 6.45) is 0. The first-order valence-corrected chi connectivity index (χ1v) is 10.3. The fourth-order valence-electron chi connectivity index (χ4n) is 3.19. The summed E-state index contributed by atoms with van der Waals surface area (Å²) in [5.74, 6) is 0.666. The fraction of sp³-hybridized carbons (Fsp3) is 0.429. The van der Waals surface area contributed by atoms with Crippen LogP contribution in [0.4, 0.5) is 0 Å². The van der Waals surface area contributed by atoms with Crippen molar-refractivity contribution in [1.29, 1.82) is 0 Å². The highest BCUT2D eigenvalue weighted by atomic mass is 31.2. The van der Waals surface area contributed by atoms with Crippen molar-refractivity contribution in [3.63, 3.8) is 0 Å². The molecular weight excluding hydrogens is 331 g/mol. The monoisotopic (exact) mass is 358 g/mol. The molecule has 0 saturated carbocycles. The first-order chi connectivity index (χ1) is 11.6. The summed E-state index contributed by atoms with van der Waals surface area (Å²) >= 11 is 0. The van der Waals surface area contributed by atoms with Crippen molar-refractivity contribution in [3.8, 4) is 16.9 Å². The quantitative estimate of drug-likeness (QED) is 0.587. The number of hydrogen-bond acceptors (Lipinski definition) is 3. The third kappa shape index (κ3) is 3.05. The summed E-state index contributed by atoms with van der Waals surface area (Å²) in [5, 5.41) is -0.632. The van der Waals surface area contributed by atoms with E-state index in [0.29, 0.717) is 12.4 Å². The van der Waals surface area contributed by atoms with Crippen molar-refractivity contribution < 1.29 is 13.6 Å². The molecule has 3 nitrogen and oxygen atoms in total. The Bertz CT molecular complexity index is 829. The van der Waals surface area contributed by atoms with Crippen LogP contribution in [0.15, 0.2) is 42.5 Å². The van der Waals surface area contributed by atoms with Gasteiger partial charge in [-0.15, -0.1) is 0 Å². The van der Waals surface area contributed by atoms with Gasteiger partial charge in [-0.1, -0.05) is 57.2 Å². The topological polar surface area (TPSA) is 35.5 Å². The molecule has 134 valence electrons. The summed E-state index contributed by atoms with van der Waals surface area (Å²) in [5.41, 5.74) is 4.55. The Hall–Kier alpha value is -1.57. The summed E-state index contributed by atoms with van der Waals surface area (Å²) in [6.45, 7) is 12.7. The van der Waals surface area contributed by atoms with Gasteiger partial charge in [-0.3, -0.25) is 4.52 Å². The van der Waals surface area contributed by atoms with Gasteiger partial charge in [-0.05, 0) is 48.9 Å². The molecule has 0 bridgehead atoms. The van der Waals surface area contributed by atoms with E-state index >= 15 is 0 Å². The highest BCUT2D eigenvalue weighted by Crippen LogP contribution is 2.70. The van der Waals surface area contributed by atoms with Gasteiger partial charge in [0.15, 0.2) is 0 Å². The highest BCUT2D eigenvalue weighted by molar-refractivity contribution is 7.56. The predicted octanol–water partition coefficient (Wildman–Crippen LogP) is 6.51. The Morgan fingerprint density at radius 3 is 2.20 bits per heavy atom. The van der Waals surface area contributed by atoms with E-state index < -0.39 is 12.8 Å². The Morgan fingerprint density at radius 1 is 1.04 bits per heavy atom. The minimum absolute atomic E-state index is 0.133. The maximum absolute atomic E-state index is 13.1. The molecule has 1 aliphatic rings. The smallest absolute Gasteiger partial charge is 0.389 e. The van der Waals surface area contributed by atoms with Gasteiger partial charge in [-0.2, -0.15) is 0 Å².